The maximum atomic E-state index is 7.20. The summed E-state index contributed by atoms with van der Waals surface area (Å²) in [5.41, 5.74) is 22.5. The Morgan fingerprint density at radius 3 is 1.20 bits per heavy atom. The van der Waals surface area contributed by atoms with Gasteiger partial charge in [-0.25, -0.2) is 0 Å². The molecular formula is C62H37NO2. The Labute approximate surface area is 377 Å². The summed E-state index contributed by atoms with van der Waals surface area (Å²) in [6.45, 7) is 0. The largest absolute Gasteiger partial charge is 0.449 e. The molecule has 0 atom stereocenters. The molecule has 0 saturated carbocycles. The summed E-state index contributed by atoms with van der Waals surface area (Å²) in [5.74, 6) is 2.77. The van der Waals surface area contributed by atoms with Gasteiger partial charge in [0.1, 0.15) is 0 Å². The first-order valence-electron chi connectivity index (χ1n) is 22.5. The van der Waals surface area contributed by atoms with Gasteiger partial charge >= 0.3 is 0 Å². The maximum Gasteiger partial charge on any atom is 0.194 e. The number of rotatable bonds is 3. The molecule has 302 valence electrons. The van der Waals surface area contributed by atoms with Gasteiger partial charge in [0.05, 0.1) is 16.5 Å². The molecule has 1 heterocycles. The van der Waals surface area contributed by atoms with Crippen molar-refractivity contribution in [2.75, 3.05) is 4.90 Å². The average molecular weight is 828 g/mol. The molecule has 10 aromatic carbocycles. The van der Waals surface area contributed by atoms with E-state index in [1.807, 2.05) is 6.07 Å². The number of para-hydroxylation sites is 2. The molecule has 0 bridgehead atoms. The van der Waals surface area contributed by atoms with Gasteiger partial charge in [-0.15, -0.1) is 0 Å². The lowest BCUT2D eigenvalue weighted by Crippen LogP contribution is -2.26. The molecule has 0 amide bonds. The first-order chi connectivity index (χ1) is 32.2. The molecule has 3 nitrogen and oxygen atoms in total. The summed E-state index contributed by atoms with van der Waals surface area (Å²) in [5, 5.41) is 0. The highest BCUT2D eigenvalue weighted by molar-refractivity contribution is 5.98. The van der Waals surface area contributed by atoms with Gasteiger partial charge in [-0.3, -0.25) is 0 Å². The van der Waals surface area contributed by atoms with Crippen molar-refractivity contribution in [3.63, 3.8) is 0 Å². The lowest BCUT2D eigenvalue weighted by Gasteiger charge is -2.33. The summed E-state index contributed by atoms with van der Waals surface area (Å²) < 4.78 is 14.2. The minimum absolute atomic E-state index is 0.415. The molecule has 15 rings (SSSR count). The summed E-state index contributed by atoms with van der Waals surface area (Å²) >= 11 is 0. The molecule has 65 heavy (non-hydrogen) atoms. The van der Waals surface area contributed by atoms with Crippen LogP contribution < -0.4 is 14.4 Å². The number of hydrogen-bond donors (Lipinski definition) is 0. The lowest BCUT2D eigenvalue weighted by molar-refractivity contribution is 0.360. The first kappa shape index (κ1) is 35.1. The summed E-state index contributed by atoms with van der Waals surface area (Å²) in [4.78, 5) is 2.32. The number of benzene rings is 10. The molecule has 2 spiro atoms. The van der Waals surface area contributed by atoms with E-state index < -0.39 is 10.8 Å². The van der Waals surface area contributed by atoms with Crippen molar-refractivity contribution in [2.45, 2.75) is 10.8 Å². The van der Waals surface area contributed by atoms with E-state index in [0.717, 1.165) is 22.6 Å². The zero-order valence-electron chi connectivity index (χ0n) is 35.1. The van der Waals surface area contributed by atoms with Crippen LogP contribution in [-0.4, -0.2) is 0 Å². The van der Waals surface area contributed by atoms with E-state index in [0.29, 0.717) is 23.0 Å². The van der Waals surface area contributed by atoms with Gasteiger partial charge in [-0.1, -0.05) is 176 Å². The quantitative estimate of drug-likeness (QED) is 0.177. The third-order valence-electron chi connectivity index (χ3n) is 14.9. The molecule has 10 aromatic rings. The number of ether oxygens (including phenoxy) is 2. The average Bonchev–Trinajstić information content (AvgIpc) is 4.04. The first-order valence-corrected chi connectivity index (χ1v) is 22.5. The predicted molar refractivity (Wildman–Crippen MR) is 260 cm³/mol. The molecular weight excluding hydrogens is 791 g/mol. The summed E-state index contributed by atoms with van der Waals surface area (Å²) in [7, 11) is 0. The van der Waals surface area contributed by atoms with Crippen LogP contribution in [0.2, 0.25) is 0 Å². The van der Waals surface area contributed by atoms with Crippen molar-refractivity contribution >= 4 is 17.1 Å². The smallest absolute Gasteiger partial charge is 0.194 e. The monoisotopic (exact) mass is 827 g/mol. The molecule has 0 aromatic heterocycles. The minimum atomic E-state index is -0.475. The van der Waals surface area contributed by atoms with Gasteiger partial charge in [0.2, 0.25) is 0 Å². The van der Waals surface area contributed by atoms with E-state index in [4.69, 9.17) is 9.47 Å². The Balaban J connectivity index is 0.904. The molecule has 0 fully saturated rings. The second kappa shape index (κ2) is 12.6. The Hall–Kier alpha value is -8.40. The van der Waals surface area contributed by atoms with Crippen molar-refractivity contribution in [3.05, 3.63) is 269 Å². The topological polar surface area (TPSA) is 21.7 Å². The molecule has 0 saturated heterocycles. The van der Waals surface area contributed by atoms with Crippen molar-refractivity contribution in [2.24, 2.45) is 0 Å². The van der Waals surface area contributed by atoms with Crippen LogP contribution in [-0.2, 0) is 10.8 Å². The fourth-order valence-electron chi connectivity index (χ4n) is 12.6. The molecule has 0 N–H and O–H groups in total. The maximum absolute atomic E-state index is 7.20. The Bertz CT molecular complexity index is 3610. The van der Waals surface area contributed by atoms with Crippen molar-refractivity contribution in [1.29, 1.82) is 0 Å². The Morgan fingerprint density at radius 1 is 0.262 bits per heavy atom. The van der Waals surface area contributed by atoms with Crippen LogP contribution in [0.1, 0.15) is 44.5 Å². The highest BCUT2D eigenvalue weighted by atomic mass is 16.6. The van der Waals surface area contributed by atoms with Crippen LogP contribution in [0.15, 0.2) is 224 Å². The zero-order valence-corrected chi connectivity index (χ0v) is 35.1. The van der Waals surface area contributed by atoms with Gasteiger partial charge < -0.3 is 14.4 Å². The van der Waals surface area contributed by atoms with Gasteiger partial charge in [-0.05, 0) is 138 Å². The molecule has 0 radical (unpaired) electrons. The fourth-order valence-corrected chi connectivity index (χ4v) is 12.6. The number of fused-ring (bicyclic) bond motifs is 22. The van der Waals surface area contributed by atoms with Gasteiger partial charge in [0, 0.05) is 11.4 Å². The van der Waals surface area contributed by atoms with Crippen LogP contribution in [0.4, 0.5) is 17.1 Å². The van der Waals surface area contributed by atoms with Gasteiger partial charge in [-0.2, -0.15) is 0 Å². The Morgan fingerprint density at radius 2 is 0.677 bits per heavy atom. The number of anilines is 3. The second-order valence-electron chi connectivity index (χ2n) is 17.8. The molecule has 3 heteroatoms. The number of nitrogens with zero attached hydrogens (tertiary/aromatic N) is 1. The molecule has 0 unspecified atom stereocenters. The summed E-state index contributed by atoms with van der Waals surface area (Å²) in [6.07, 6.45) is 0. The van der Waals surface area contributed by atoms with Crippen LogP contribution >= 0.6 is 0 Å². The van der Waals surface area contributed by atoms with E-state index in [1.54, 1.807) is 0 Å². The molecule has 5 aliphatic rings. The van der Waals surface area contributed by atoms with Crippen molar-refractivity contribution in [1.82, 2.24) is 0 Å². The molecule has 4 aliphatic carbocycles. The third-order valence-corrected chi connectivity index (χ3v) is 14.9. The summed E-state index contributed by atoms with van der Waals surface area (Å²) in [6, 6.07) is 82.0. The van der Waals surface area contributed by atoms with E-state index in [-0.39, 0.29) is 0 Å². The van der Waals surface area contributed by atoms with E-state index in [9.17, 15) is 0 Å². The molecule has 1 aliphatic heterocycles. The van der Waals surface area contributed by atoms with Gasteiger partial charge in [0.25, 0.3) is 0 Å². The van der Waals surface area contributed by atoms with Crippen LogP contribution in [0, 0.1) is 0 Å². The lowest BCUT2D eigenvalue weighted by atomic mass is 9.70. The fraction of sp³-hybridized carbons (Fsp3) is 0.0323. The second-order valence-corrected chi connectivity index (χ2v) is 17.8. The van der Waals surface area contributed by atoms with Gasteiger partial charge in [0.15, 0.2) is 23.0 Å². The minimum Gasteiger partial charge on any atom is -0.449 e. The third kappa shape index (κ3) is 4.31. The zero-order chi connectivity index (χ0) is 42.4. The predicted octanol–water partition coefficient (Wildman–Crippen LogP) is 15.7. The SMILES string of the molecule is c1ccc(N(c2ccc3c(c2)-c2ccccc2C32c3ccccc3-c3ccccc32)c2cccc3c2Oc2cc4c(cc2O3)C2(c3ccccc3-c3ccccc32)c2ccccc2-4)cc1. The van der Waals surface area contributed by atoms with Crippen molar-refractivity contribution < 1.29 is 9.47 Å². The van der Waals surface area contributed by atoms with Crippen LogP contribution in [0.25, 0.3) is 44.5 Å². The standard InChI is InChI=1S/C62H37NO2/c1-2-17-38(18-3-1)63(39-33-34-54-46(35-39)44-23-8-14-29-52(44)61(54)48-25-10-4-19-40(48)41-20-5-11-26-49(41)61)56-31-16-32-57-60(56)65-58-36-47-45-24-9-15-30-53(45)62(55(47)37-59(58)64-57)50-27-12-6-21-42(50)43-22-7-13-28-51(43)62/h1-37H. The highest BCUT2D eigenvalue weighted by Gasteiger charge is 2.53. The highest BCUT2D eigenvalue weighted by Crippen LogP contribution is 2.66. The van der Waals surface area contributed by atoms with Crippen molar-refractivity contribution in [3.8, 4) is 67.5 Å². The van der Waals surface area contributed by atoms with E-state index in [2.05, 4.69) is 223 Å². The number of hydrogen-bond acceptors (Lipinski definition) is 3. The normalized spacial score (nSPS) is 14.6. The van der Waals surface area contributed by atoms with E-state index >= 15 is 0 Å². The van der Waals surface area contributed by atoms with Crippen LogP contribution in [0.3, 0.4) is 0 Å². The van der Waals surface area contributed by atoms with E-state index in [1.165, 1.54) is 83.5 Å². The van der Waals surface area contributed by atoms with Crippen LogP contribution in [0.5, 0.6) is 23.0 Å². The Kier molecular flexibility index (Phi) is 6.82.